The second kappa shape index (κ2) is 6.22. The summed E-state index contributed by atoms with van der Waals surface area (Å²) in [6.07, 6.45) is 1.57. The molecular formula is C10H13NO4S. The number of furan rings is 1. The summed E-state index contributed by atoms with van der Waals surface area (Å²) >= 11 is 1.40. The SMILES string of the molecule is CC(=O)N[C@@H](CSCc1ccco1)C(=O)O. The Bertz CT molecular complexity index is 350. The molecule has 0 unspecified atom stereocenters. The molecule has 6 heteroatoms. The lowest BCUT2D eigenvalue weighted by Gasteiger charge is -2.11. The molecule has 88 valence electrons. The van der Waals surface area contributed by atoms with Crippen LogP contribution in [-0.2, 0) is 15.3 Å². The van der Waals surface area contributed by atoms with E-state index in [2.05, 4.69) is 5.32 Å². The Labute approximate surface area is 97.2 Å². The van der Waals surface area contributed by atoms with Gasteiger partial charge in [-0.05, 0) is 12.1 Å². The summed E-state index contributed by atoms with van der Waals surface area (Å²) in [5.41, 5.74) is 0. The molecule has 0 spiro atoms. The van der Waals surface area contributed by atoms with E-state index in [0.29, 0.717) is 11.5 Å². The van der Waals surface area contributed by atoms with Crippen LogP contribution in [0.3, 0.4) is 0 Å². The van der Waals surface area contributed by atoms with Gasteiger partial charge in [0.15, 0.2) is 0 Å². The van der Waals surface area contributed by atoms with Crippen molar-refractivity contribution in [3.05, 3.63) is 24.2 Å². The van der Waals surface area contributed by atoms with Crippen LogP contribution >= 0.6 is 11.8 Å². The predicted octanol–water partition coefficient (Wildman–Crippen LogP) is 1.10. The Kier molecular flexibility index (Phi) is 4.91. The highest BCUT2D eigenvalue weighted by Gasteiger charge is 2.18. The minimum absolute atomic E-state index is 0.315. The number of carboxylic acid groups (broad SMARTS) is 1. The lowest BCUT2D eigenvalue weighted by atomic mass is 10.3. The van der Waals surface area contributed by atoms with Crippen LogP contribution in [0.15, 0.2) is 22.8 Å². The maximum Gasteiger partial charge on any atom is 0.327 e. The first-order chi connectivity index (χ1) is 7.59. The molecule has 0 aliphatic heterocycles. The average Bonchev–Trinajstić information content (AvgIpc) is 2.68. The first-order valence-electron chi connectivity index (χ1n) is 4.69. The number of amides is 1. The summed E-state index contributed by atoms with van der Waals surface area (Å²) in [5.74, 6) is 0.330. The molecule has 0 radical (unpaired) electrons. The molecule has 5 nitrogen and oxygen atoms in total. The molecule has 0 bridgehead atoms. The molecule has 1 aromatic rings. The van der Waals surface area contributed by atoms with Crippen LogP contribution < -0.4 is 5.32 Å². The molecule has 0 saturated carbocycles. The highest BCUT2D eigenvalue weighted by molar-refractivity contribution is 7.98. The summed E-state index contributed by atoms with van der Waals surface area (Å²) < 4.78 is 5.10. The molecule has 0 aliphatic rings. The molecule has 1 aromatic heterocycles. The van der Waals surface area contributed by atoms with Crippen LogP contribution in [0, 0.1) is 0 Å². The molecule has 16 heavy (non-hydrogen) atoms. The van der Waals surface area contributed by atoms with Crippen molar-refractivity contribution < 1.29 is 19.1 Å². The largest absolute Gasteiger partial charge is 0.480 e. The smallest absolute Gasteiger partial charge is 0.327 e. The molecule has 1 atom stereocenters. The lowest BCUT2D eigenvalue weighted by Crippen LogP contribution is -2.41. The molecule has 0 fully saturated rings. The normalized spacial score (nSPS) is 12.1. The molecule has 1 amide bonds. The van der Waals surface area contributed by atoms with Crippen molar-refractivity contribution in [2.45, 2.75) is 18.7 Å². The third-order valence-corrected chi connectivity index (χ3v) is 2.84. The van der Waals surface area contributed by atoms with Crippen molar-refractivity contribution in [2.24, 2.45) is 0 Å². The van der Waals surface area contributed by atoms with Crippen LogP contribution in [0.1, 0.15) is 12.7 Å². The Balaban J connectivity index is 2.32. The van der Waals surface area contributed by atoms with Gasteiger partial charge in [0, 0.05) is 12.7 Å². The van der Waals surface area contributed by atoms with Gasteiger partial charge in [0.2, 0.25) is 5.91 Å². The van der Waals surface area contributed by atoms with E-state index < -0.39 is 12.0 Å². The number of carboxylic acids is 1. The van der Waals surface area contributed by atoms with Crippen LogP contribution in [-0.4, -0.2) is 28.8 Å². The van der Waals surface area contributed by atoms with Crippen molar-refractivity contribution in [2.75, 3.05) is 5.75 Å². The topological polar surface area (TPSA) is 79.5 Å². The van der Waals surface area contributed by atoms with Crippen LogP contribution in [0.4, 0.5) is 0 Å². The Morgan fingerprint density at radius 1 is 1.62 bits per heavy atom. The Morgan fingerprint density at radius 3 is 2.88 bits per heavy atom. The van der Waals surface area contributed by atoms with E-state index in [-0.39, 0.29) is 5.91 Å². The molecule has 1 rings (SSSR count). The van der Waals surface area contributed by atoms with Crippen molar-refractivity contribution in [1.82, 2.24) is 5.32 Å². The number of rotatable bonds is 6. The van der Waals surface area contributed by atoms with E-state index in [1.54, 1.807) is 12.3 Å². The van der Waals surface area contributed by atoms with Crippen molar-refractivity contribution >= 4 is 23.6 Å². The third kappa shape index (κ3) is 4.39. The minimum atomic E-state index is -1.03. The number of thioether (sulfide) groups is 1. The van der Waals surface area contributed by atoms with E-state index in [4.69, 9.17) is 9.52 Å². The second-order valence-corrected chi connectivity index (χ2v) is 4.22. The van der Waals surface area contributed by atoms with Gasteiger partial charge < -0.3 is 14.8 Å². The first kappa shape index (κ1) is 12.6. The summed E-state index contributed by atoms with van der Waals surface area (Å²) in [7, 11) is 0. The van der Waals surface area contributed by atoms with Gasteiger partial charge in [0.25, 0.3) is 0 Å². The summed E-state index contributed by atoms with van der Waals surface area (Å²) in [5, 5.41) is 11.2. The van der Waals surface area contributed by atoms with Crippen molar-refractivity contribution in [3.63, 3.8) is 0 Å². The summed E-state index contributed by atoms with van der Waals surface area (Å²) in [6, 6.07) is 2.75. The highest BCUT2D eigenvalue weighted by Crippen LogP contribution is 2.13. The summed E-state index contributed by atoms with van der Waals surface area (Å²) in [4.78, 5) is 21.5. The molecule has 1 heterocycles. The quantitative estimate of drug-likeness (QED) is 0.782. The van der Waals surface area contributed by atoms with Crippen LogP contribution in [0.2, 0.25) is 0 Å². The van der Waals surface area contributed by atoms with Gasteiger partial charge in [-0.2, -0.15) is 11.8 Å². The van der Waals surface area contributed by atoms with Gasteiger partial charge in [-0.1, -0.05) is 0 Å². The van der Waals surface area contributed by atoms with Crippen LogP contribution in [0.5, 0.6) is 0 Å². The fourth-order valence-electron chi connectivity index (χ4n) is 1.09. The zero-order valence-corrected chi connectivity index (χ0v) is 9.62. The average molecular weight is 243 g/mol. The van der Waals surface area contributed by atoms with Gasteiger partial charge in [0.1, 0.15) is 11.8 Å². The van der Waals surface area contributed by atoms with Gasteiger partial charge in [-0.25, -0.2) is 4.79 Å². The number of aliphatic carboxylic acids is 1. The van der Waals surface area contributed by atoms with E-state index >= 15 is 0 Å². The highest BCUT2D eigenvalue weighted by atomic mass is 32.2. The summed E-state index contributed by atoms with van der Waals surface area (Å²) in [6.45, 7) is 1.30. The predicted molar refractivity (Wildman–Crippen MR) is 60.1 cm³/mol. The van der Waals surface area contributed by atoms with Gasteiger partial charge >= 0.3 is 5.97 Å². The Morgan fingerprint density at radius 2 is 2.38 bits per heavy atom. The zero-order valence-electron chi connectivity index (χ0n) is 8.80. The molecule has 2 N–H and O–H groups in total. The number of nitrogens with one attached hydrogen (secondary N) is 1. The number of hydrogen-bond acceptors (Lipinski definition) is 4. The number of hydrogen-bond donors (Lipinski definition) is 2. The molecule has 0 aliphatic carbocycles. The first-order valence-corrected chi connectivity index (χ1v) is 5.85. The van der Waals surface area contributed by atoms with E-state index in [9.17, 15) is 9.59 Å². The number of carbonyl (C=O) groups excluding carboxylic acids is 1. The van der Waals surface area contributed by atoms with Gasteiger partial charge in [-0.3, -0.25) is 4.79 Å². The Hall–Kier alpha value is -1.43. The van der Waals surface area contributed by atoms with Crippen molar-refractivity contribution in [1.29, 1.82) is 0 Å². The monoisotopic (exact) mass is 243 g/mol. The molecular weight excluding hydrogens is 230 g/mol. The zero-order chi connectivity index (χ0) is 12.0. The standard InChI is InChI=1S/C10H13NO4S/c1-7(12)11-9(10(13)14)6-16-5-8-3-2-4-15-8/h2-4,9H,5-6H2,1H3,(H,11,12)(H,13,14)/t9-/m0/s1. The number of carbonyl (C=O) groups is 2. The van der Waals surface area contributed by atoms with E-state index in [1.165, 1.54) is 18.7 Å². The second-order valence-electron chi connectivity index (χ2n) is 3.19. The molecule has 0 aromatic carbocycles. The van der Waals surface area contributed by atoms with Crippen molar-refractivity contribution in [3.8, 4) is 0 Å². The lowest BCUT2D eigenvalue weighted by molar-refractivity contribution is -0.140. The fourth-order valence-corrected chi connectivity index (χ4v) is 2.04. The minimum Gasteiger partial charge on any atom is -0.480 e. The van der Waals surface area contributed by atoms with Gasteiger partial charge in [-0.15, -0.1) is 0 Å². The maximum absolute atomic E-state index is 10.8. The molecule has 0 saturated heterocycles. The van der Waals surface area contributed by atoms with Gasteiger partial charge in [0.05, 0.1) is 12.0 Å². The van der Waals surface area contributed by atoms with E-state index in [1.807, 2.05) is 6.07 Å². The fraction of sp³-hybridized carbons (Fsp3) is 0.400. The van der Waals surface area contributed by atoms with E-state index in [0.717, 1.165) is 5.76 Å². The van der Waals surface area contributed by atoms with Crippen LogP contribution in [0.25, 0.3) is 0 Å². The maximum atomic E-state index is 10.8. The third-order valence-electron chi connectivity index (χ3n) is 1.78.